The molecule has 0 saturated carbocycles. The quantitative estimate of drug-likeness (QED) is 0.330. The van der Waals surface area contributed by atoms with E-state index in [2.05, 4.69) is 25.1 Å². The molecule has 5 rings (SSSR count). The van der Waals surface area contributed by atoms with Crippen LogP contribution in [-0.4, -0.2) is 54.3 Å². The van der Waals surface area contributed by atoms with Crippen LogP contribution in [0.5, 0.6) is 0 Å². The van der Waals surface area contributed by atoms with Crippen molar-refractivity contribution in [2.24, 2.45) is 0 Å². The highest BCUT2D eigenvalue weighted by Crippen LogP contribution is 2.25. The third-order valence-corrected chi connectivity index (χ3v) is 6.23. The maximum atomic E-state index is 6.13. The van der Waals surface area contributed by atoms with E-state index in [1.165, 1.54) is 0 Å². The number of benzene rings is 1. The molecule has 0 atom stereocenters. The maximum absolute atomic E-state index is 6.13. The first-order valence-electron chi connectivity index (χ1n) is 11.9. The van der Waals surface area contributed by atoms with Crippen LogP contribution in [0, 0.1) is 6.92 Å². The largest absolute Gasteiger partial charge is 0.467 e. The van der Waals surface area contributed by atoms with Crippen molar-refractivity contribution in [2.45, 2.75) is 19.9 Å². The van der Waals surface area contributed by atoms with Gasteiger partial charge in [0.25, 0.3) is 0 Å². The van der Waals surface area contributed by atoms with Crippen molar-refractivity contribution in [3.8, 4) is 0 Å². The fraction of sp³-hybridized carbons (Fsp3) is 0.346. The number of aromatic nitrogens is 3. The van der Waals surface area contributed by atoms with Gasteiger partial charge in [0.05, 0.1) is 31.5 Å². The number of morpholine rings is 1. The van der Waals surface area contributed by atoms with Gasteiger partial charge in [-0.15, -0.1) is 0 Å². The number of pyridine rings is 1. The Hall–Kier alpha value is -3.36. The molecule has 0 amide bonds. The summed E-state index contributed by atoms with van der Waals surface area (Å²) >= 11 is 6.13. The van der Waals surface area contributed by atoms with E-state index in [1.807, 2.05) is 49.4 Å². The van der Waals surface area contributed by atoms with Gasteiger partial charge in [0.15, 0.2) is 0 Å². The number of anilines is 3. The molecule has 1 aromatic carbocycles. The number of nitrogens with zero attached hydrogens (tertiary/aromatic N) is 5. The molecule has 0 spiro atoms. The molecule has 8 nitrogen and oxygen atoms in total. The Kier molecular flexibility index (Phi) is 7.30. The van der Waals surface area contributed by atoms with Gasteiger partial charge in [0.1, 0.15) is 11.6 Å². The van der Waals surface area contributed by atoms with Crippen LogP contribution in [0.15, 0.2) is 59.3 Å². The minimum absolute atomic E-state index is 0.642. The second-order valence-electron chi connectivity index (χ2n) is 8.57. The molecule has 182 valence electrons. The molecule has 0 aliphatic carbocycles. The lowest BCUT2D eigenvalue weighted by Crippen LogP contribution is -2.38. The summed E-state index contributed by atoms with van der Waals surface area (Å²) in [6, 6.07) is 13.7. The number of fused-ring (bicyclic) bond motifs is 1. The highest BCUT2D eigenvalue weighted by Gasteiger charge is 2.18. The molecule has 1 N–H and O–H groups in total. The topological polar surface area (TPSA) is 79.5 Å². The highest BCUT2D eigenvalue weighted by molar-refractivity contribution is 6.31. The van der Waals surface area contributed by atoms with Gasteiger partial charge in [-0.2, -0.15) is 4.98 Å². The van der Waals surface area contributed by atoms with Crippen LogP contribution in [0.25, 0.3) is 10.9 Å². The summed E-state index contributed by atoms with van der Waals surface area (Å²) in [5, 5.41) is 5.31. The fourth-order valence-electron chi connectivity index (χ4n) is 4.24. The van der Waals surface area contributed by atoms with Crippen molar-refractivity contribution >= 4 is 40.0 Å². The highest BCUT2D eigenvalue weighted by atomic mass is 35.5. The lowest BCUT2D eigenvalue weighted by Gasteiger charge is -2.29. The fourth-order valence-corrected chi connectivity index (χ4v) is 4.40. The monoisotopic (exact) mass is 492 g/mol. The summed E-state index contributed by atoms with van der Waals surface area (Å²) in [7, 11) is 0. The Bertz CT molecular complexity index is 1260. The van der Waals surface area contributed by atoms with E-state index in [-0.39, 0.29) is 0 Å². The number of halogens is 1. The van der Waals surface area contributed by atoms with Crippen LogP contribution in [-0.2, 0) is 11.3 Å². The predicted octanol–water partition coefficient (Wildman–Crippen LogP) is 4.93. The first-order chi connectivity index (χ1) is 17.2. The summed E-state index contributed by atoms with van der Waals surface area (Å²) in [6.07, 6.45) is 4.43. The lowest BCUT2D eigenvalue weighted by atomic mass is 10.2. The minimum Gasteiger partial charge on any atom is -0.467 e. The van der Waals surface area contributed by atoms with E-state index in [9.17, 15) is 0 Å². The summed E-state index contributed by atoms with van der Waals surface area (Å²) < 4.78 is 11.1. The van der Waals surface area contributed by atoms with Crippen LogP contribution in [0.3, 0.4) is 0 Å². The third kappa shape index (κ3) is 5.83. The average Bonchev–Trinajstić information content (AvgIpc) is 3.39. The van der Waals surface area contributed by atoms with E-state index in [0.717, 1.165) is 72.4 Å². The number of rotatable bonds is 9. The van der Waals surface area contributed by atoms with Crippen molar-refractivity contribution in [1.29, 1.82) is 0 Å². The number of nitrogens with one attached hydrogen (secondary N) is 1. The van der Waals surface area contributed by atoms with Crippen molar-refractivity contribution in [3.63, 3.8) is 0 Å². The van der Waals surface area contributed by atoms with Crippen LogP contribution in [0.4, 0.5) is 17.5 Å². The van der Waals surface area contributed by atoms with Crippen LogP contribution >= 0.6 is 11.6 Å². The zero-order valence-electron chi connectivity index (χ0n) is 19.8. The normalized spacial score (nSPS) is 13.8. The van der Waals surface area contributed by atoms with E-state index < -0.39 is 0 Å². The second kappa shape index (κ2) is 10.9. The molecular weight excluding hydrogens is 464 g/mol. The van der Waals surface area contributed by atoms with Crippen molar-refractivity contribution in [1.82, 2.24) is 15.0 Å². The van der Waals surface area contributed by atoms with Gasteiger partial charge < -0.3 is 24.3 Å². The second-order valence-corrected chi connectivity index (χ2v) is 9.00. The molecule has 1 aliphatic rings. The van der Waals surface area contributed by atoms with Gasteiger partial charge in [-0.25, -0.2) is 4.98 Å². The van der Waals surface area contributed by atoms with E-state index in [4.69, 9.17) is 25.7 Å². The maximum Gasteiger partial charge on any atom is 0.227 e. The SMILES string of the molecule is Cc1cc(N(CCCNc2ccnc3cc(Cl)ccc23)Cc2ccco2)nc(N2CCOCC2)n1. The Morgan fingerprint density at radius 3 is 2.83 bits per heavy atom. The molecule has 0 bridgehead atoms. The Morgan fingerprint density at radius 2 is 2.00 bits per heavy atom. The zero-order valence-corrected chi connectivity index (χ0v) is 20.5. The first kappa shape index (κ1) is 23.4. The molecule has 1 saturated heterocycles. The number of hydrogen-bond acceptors (Lipinski definition) is 8. The summed E-state index contributed by atoms with van der Waals surface area (Å²) in [4.78, 5) is 18.5. The molecule has 4 heterocycles. The standard InChI is InChI=1S/C26H29ClN6O2/c1-19-16-25(31-26(30-19)32-11-14-34-15-12-32)33(18-21-4-2-13-35-21)10-3-8-28-23-7-9-29-24-17-20(27)5-6-22(23)24/h2,4-7,9,13,16-17H,3,8,10-12,14-15,18H2,1H3,(H,28,29). The van der Waals surface area contributed by atoms with Crippen LogP contribution in [0.2, 0.25) is 5.02 Å². The van der Waals surface area contributed by atoms with Gasteiger partial charge in [-0.3, -0.25) is 4.98 Å². The van der Waals surface area contributed by atoms with Gasteiger partial charge in [-0.05, 0) is 49.7 Å². The zero-order chi connectivity index (χ0) is 24.0. The smallest absolute Gasteiger partial charge is 0.227 e. The van der Waals surface area contributed by atoms with E-state index >= 15 is 0 Å². The molecular formula is C26H29ClN6O2. The van der Waals surface area contributed by atoms with Crippen molar-refractivity contribution < 1.29 is 9.15 Å². The molecule has 9 heteroatoms. The molecule has 35 heavy (non-hydrogen) atoms. The molecule has 1 fully saturated rings. The minimum atomic E-state index is 0.642. The van der Waals surface area contributed by atoms with Crippen molar-refractivity contribution in [3.05, 3.63) is 71.4 Å². The number of furan rings is 1. The number of hydrogen-bond donors (Lipinski definition) is 1. The molecule has 3 aromatic heterocycles. The number of ether oxygens (including phenoxy) is 1. The van der Waals surface area contributed by atoms with Gasteiger partial charge in [-0.1, -0.05) is 11.6 Å². The predicted molar refractivity (Wildman–Crippen MR) is 139 cm³/mol. The van der Waals surface area contributed by atoms with Crippen LogP contribution in [0.1, 0.15) is 17.9 Å². The first-order valence-corrected chi connectivity index (χ1v) is 12.3. The molecule has 1 aliphatic heterocycles. The van der Waals surface area contributed by atoms with Crippen LogP contribution < -0.4 is 15.1 Å². The van der Waals surface area contributed by atoms with E-state index in [1.54, 1.807) is 12.5 Å². The molecule has 4 aromatic rings. The van der Waals surface area contributed by atoms with Gasteiger partial charge >= 0.3 is 0 Å². The summed E-state index contributed by atoms with van der Waals surface area (Å²) in [6.45, 7) is 7.27. The van der Waals surface area contributed by atoms with Crippen molar-refractivity contribution in [2.75, 3.05) is 54.5 Å². The lowest BCUT2D eigenvalue weighted by molar-refractivity contribution is 0.122. The Balaban J connectivity index is 1.30. The Morgan fingerprint density at radius 1 is 1.11 bits per heavy atom. The summed E-state index contributed by atoms with van der Waals surface area (Å²) in [5.41, 5.74) is 2.88. The third-order valence-electron chi connectivity index (χ3n) is 6.00. The average molecular weight is 493 g/mol. The Labute approximate surface area is 209 Å². The van der Waals surface area contributed by atoms with E-state index in [0.29, 0.717) is 24.8 Å². The summed E-state index contributed by atoms with van der Waals surface area (Å²) in [5.74, 6) is 2.56. The molecule has 0 unspecified atom stereocenters. The molecule has 0 radical (unpaired) electrons. The number of aryl methyl sites for hydroxylation is 1. The van der Waals surface area contributed by atoms with Gasteiger partial charge in [0.2, 0.25) is 5.95 Å². The van der Waals surface area contributed by atoms with Gasteiger partial charge in [0, 0.05) is 60.2 Å².